The number of aromatic nitrogens is 1. The van der Waals surface area contributed by atoms with Gasteiger partial charge in [0.15, 0.2) is 0 Å². The number of aryl methyl sites for hydroxylation is 2. The Kier molecular flexibility index (Phi) is 2.48. The molecule has 82 valence electrons. The molecule has 2 aromatic rings. The van der Waals surface area contributed by atoms with Crippen molar-refractivity contribution in [2.75, 3.05) is 0 Å². The number of nitrogens with one attached hydrogen (secondary N) is 1. The van der Waals surface area contributed by atoms with Gasteiger partial charge in [-0.1, -0.05) is 11.6 Å². The number of nitro groups is 1. The highest BCUT2D eigenvalue weighted by Crippen LogP contribution is 2.24. The van der Waals surface area contributed by atoms with Crippen molar-refractivity contribution in [2.45, 2.75) is 13.8 Å². The second-order valence-electron chi connectivity index (χ2n) is 3.85. The van der Waals surface area contributed by atoms with E-state index in [1.54, 1.807) is 6.20 Å². The van der Waals surface area contributed by atoms with Crippen LogP contribution in [0.4, 0.5) is 0 Å². The third-order valence-electron chi connectivity index (χ3n) is 2.54. The molecule has 0 amide bonds. The summed E-state index contributed by atoms with van der Waals surface area (Å²) in [6.45, 7) is 4.03. The maximum Gasteiger partial charge on any atom is 0.235 e. The van der Waals surface area contributed by atoms with Crippen LogP contribution in [0.15, 0.2) is 24.5 Å². The summed E-state index contributed by atoms with van der Waals surface area (Å²) in [7, 11) is 0. The zero-order chi connectivity index (χ0) is 11.7. The molecule has 0 radical (unpaired) electrons. The van der Waals surface area contributed by atoms with Crippen LogP contribution >= 0.6 is 0 Å². The minimum absolute atomic E-state index is 0.457. The first-order valence-corrected chi connectivity index (χ1v) is 4.98. The largest absolute Gasteiger partial charge is 0.360 e. The molecular formula is C12H12N2O2. The lowest BCUT2D eigenvalue weighted by Gasteiger charge is -1.99. The topological polar surface area (TPSA) is 58.9 Å². The van der Waals surface area contributed by atoms with Crippen LogP contribution in [0.5, 0.6) is 0 Å². The van der Waals surface area contributed by atoms with Crippen molar-refractivity contribution in [3.05, 3.63) is 51.3 Å². The fourth-order valence-corrected chi connectivity index (χ4v) is 1.89. The SMILES string of the molecule is Cc1cc(C)c2[nH]cc(C=C[N+](=O)[O-])c2c1. The van der Waals surface area contributed by atoms with Gasteiger partial charge in [0.1, 0.15) is 0 Å². The fourth-order valence-electron chi connectivity index (χ4n) is 1.89. The molecule has 16 heavy (non-hydrogen) atoms. The van der Waals surface area contributed by atoms with Crippen molar-refractivity contribution in [2.24, 2.45) is 0 Å². The third kappa shape index (κ3) is 1.82. The number of hydrogen-bond acceptors (Lipinski definition) is 2. The Morgan fingerprint density at radius 2 is 2.12 bits per heavy atom. The van der Waals surface area contributed by atoms with E-state index in [1.807, 2.05) is 19.9 Å². The summed E-state index contributed by atoms with van der Waals surface area (Å²) in [6, 6.07) is 4.11. The van der Waals surface area contributed by atoms with E-state index in [-0.39, 0.29) is 0 Å². The molecule has 0 bridgehead atoms. The van der Waals surface area contributed by atoms with Gasteiger partial charge in [-0.2, -0.15) is 0 Å². The van der Waals surface area contributed by atoms with Gasteiger partial charge in [-0.15, -0.1) is 0 Å². The van der Waals surface area contributed by atoms with Crippen LogP contribution in [0.3, 0.4) is 0 Å². The van der Waals surface area contributed by atoms with Crippen LogP contribution in [0.2, 0.25) is 0 Å². The molecule has 4 nitrogen and oxygen atoms in total. The molecule has 1 N–H and O–H groups in total. The molecule has 0 aliphatic heterocycles. The van der Waals surface area contributed by atoms with E-state index in [0.29, 0.717) is 0 Å². The lowest BCUT2D eigenvalue weighted by molar-refractivity contribution is -0.400. The summed E-state index contributed by atoms with van der Waals surface area (Å²) in [5.74, 6) is 0. The average Bonchev–Trinajstić information content (AvgIpc) is 2.58. The van der Waals surface area contributed by atoms with E-state index in [9.17, 15) is 10.1 Å². The Hall–Kier alpha value is -2.10. The van der Waals surface area contributed by atoms with Crippen LogP contribution in [-0.2, 0) is 0 Å². The Morgan fingerprint density at radius 3 is 2.81 bits per heavy atom. The van der Waals surface area contributed by atoms with E-state index >= 15 is 0 Å². The van der Waals surface area contributed by atoms with Gasteiger partial charge in [-0.05, 0) is 25.5 Å². The van der Waals surface area contributed by atoms with Crippen LogP contribution in [-0.4, -0.2) is 9.91 Å². The van der Waals surface area contributed by atoms with Gasteiger partial charge in [-0.3, -0.25) is 10.1 Å². The lowest BCUT2D eigenvalue weighted by atomic mass is 10.1. The number of hydrogen-bond donors (Lipinski definition) is 1. The third-order valence-corrected chi connectivity index (χ3v) is 2.54. The molecule has 2 rings (SSSR count). The summed E-state index contributed by atoms with van der Waals surface area (Å²) in [4.78, 5) is 12.9. The molecule has 0 saturated carbocycles. The first-order valence-electron chi connectivity index (χ1n) is 4.98. The Balaban J connectivity index is 2.60. The standard InChI is InChI=1S/C12H12N2O2/c1-8-5-9(2)12-11(6-8)10(7-13-12)3-4-14(15)16/h3-7,13H,1-2H3. The zero-order valence-corrected chi connectivity index (χ0v) is 9.15. The zero-order valence-electron chi connectivity index (χ0n) is 9.15. The van der Waals surface area contributed by atoms with Crippen molar-refractivity contribution >= 4 is 17.0 Å². The van der Waals surface area contributed by atoms with Gasteiger partial charge in [0, 0.05) is 28.7 Å². The predicted molar refractivity (Wildman–Crippen MR) is 63.8 cm³/mol. The highest BCUT2D eigenvalue weighted by molar-refractivity contribution is 5.91. The number of aromatic amines is 1. The predicted octanol–water partition coefficient (Wildman–Crippen LogP) is 3.03. The molecule has 0 unspecified atom stereocenters. The maximum atomic E-state index is 10.3. The second-order valence-corrected chi connectivity index (χ2v) is 3.85. The first-order chi connectivity index (χ1) is 7.58. The van der Waals surface area contributed by atoms with E-state index in [2.05, 4.69) is 11.1 Å². The van der Waals surface area contributed by atoms with Crippen molar-refractivity contribution in [1.82, 2.24) is 4.98 Å². The Labute approximate surface area is 92.7 Å². The lowest BCUT2D eigenvalue weighted by Crippen LogP contribution is -1.82. The summed E-state index contributed by atoms with van der Waals surface area (Å²) in [5.41, 5.74) is 4.18. The first kappa shape index (κ1) is 10.4. The molecule has 4 heteroatoms. The van der Waals surface area contributed by atoms with Gasteiger partial charge >= 0.3 is 0 Å². The summed E-state index contributed by atoms with van der Waals surface area (Å²) in [5, 5.41) is 11.3. The van der Waals surface area contributed by atoms with Crippen molar-refractivity contribution in [1.29, 1.82) is 0 Å². The second kappa shape index (κ2) is 3.81. The molecule has 0 atom stereocenters. The normalized spacial score (nSPS) is 11.4. The van der Waals surface area contributed by atoms with Gasteiger partial charge in [-0.25, -0.2) is 0 Å². The smallest absolute Gasteiger partial charge is 0.235 e. The van der Waals surface area contributed by atoms with E-state index < -0.39 is 4.92 Å². The fraction of sp³-hybridized carbons (Fsp3) is 0.167. The van der Waals surface area contributed by atoms with Gasteiger partial charge in [0.2, 0.25) is 6.20 Å². The summed E-state index contributed by atoms with van der Waals surface area (Å²) < 4.78 is 0. The minimum Gasteiger partial charge on any atom is -0.360 e. The van der Waals surface area contributed by atoms with Gasteiger partial charge < -0.3 is 4.98 Å². The molecule has 0 aliphatic carbocycles. The molecule has 0 saturated heterocycles. The van der Waals surface area contributed by atoms with Gasteiger partial charge in [0.05, 0.1) is 4.92 Å². The van der Waals surface area contributed by atoms with Crippen molar-refractivity contribution < 1.29 is 4.92 Å². The molecular weight excluding hydrogens is 204 g/mol. The van der Waals surface area contributed by atoms with Gasteiger partial charge in [0.25, 0.3) is 0 Å². The van der Waals surface area contributed by atoms with Crippen LogP contribution in [0, 0.1) is 24.0 Å². The summed E-state index contributed by atoms with van der Waals surface area (Å²) >= 11 is 0. The number of H-pyrrole nitrogens is 1. The molecule has 0 fully saturated rings. The highest BCUT2D eigenvalue weighted by atomic mass is 16.6. The maximum absolute atomic E-state index is 10.3. The Bertz CT molecular complexity index is 582. The van der Waals surface area contributed by atoms with Crippen LogP contribution < -0.4 is 0 Å². The van der Waals surface area contributed by atoms with E-state index in [0.717, 1.165) is 33.8 Å². The van der Waals surface area contributed by atoms with Crippen LogP contribution in [0.25, 0.3) is 17.0 Å². The number of fused-ring (bicyclic) bond motifs is 1. The number of benzene rings is 1. The minimum atomic E-state index is -0.457. The molecule has 1 heterocycles. The van der Waals surface area contributed by atoms with Crippen molar-refractivity contribution in [3.63, 3.8) is 0 Å². The Morgan fingerprint density at radius 1 is 1.38 bits per heavy atom. The summed E-state index contributed by atoms with van der Waals surface area (Å²) in [6.07, 6.45) is 4.26. The average molecular weight is 216 g/mol. The van der Waals surface area contributed by atoms with E-state index in [4.69, 9.17) is 0 Å². The molecule has 1 aromatic carbocycles. The number of rotatable bonds is 2. The van der Waals surface area contributed by atoms with Crippen molar-refractivity contribution in [3.8, 4) is 0 Å². The molecule has 0 spiro atoms. The van der Waals surface area contributed by atoms with Crippen LogP contribution in [0.1, 0.15) is 16.7 Å². The monoisotopic (exact) mass is 216 g/mol. The molecule has 0 aliphatic rings. The van der Waals surface area contributed by atoms with E-state index in [1.165, 1.54) is 6.08 Å². The number of nitrogens with zero attached hydrogens (tertiary/aromatic N) is 1. The molecule has 1 aromatic heterocycles. The highest BCUT2D eigenvalue weighted by Gasteiger charge is 2.05. The quantitative estimate of drug-likeness (QED) is 0.619.